The molecule has 0 saturated carbocycles. The summed E-state index contributed by atoms with van der Waals surface area (Å²) in [5.74, 6) is 8.78. The van der Waals surface area contributed by atoms with E-state index in [1.54, 1.807) is 25.6 Å². The van der Waals surface area contributed by atoms with Crippen molar-refractivity contribution >= 4 is 38.0 Å². The van der Waals surface area contributed by atoms with E-state index in [0.29, 0.717) is 24.6 Å². The van der Waals surface area contributed by atoms with E-state index in [-0.39, 0.29) is 6.04 Å². The van der Waals surface area contributed by atoms with Gasteiger partial charge in [-0.2, -0.15) is 11.3 Å². The number of ether oxygens (including phenoxy) is 2. The first-order valence-electron chi connectivity index (χ1n) is 14.4. The summed E-state index contributed by atoms with van der Waals surface area (Å²) in [6.07, 6.45) is 0. The summed E-state index contributed by atoms with van der Waals surface area (Å²) >= 11 is 5.52. The molecule has 1 unspecified atom stereocenters. The van der Waals surface area contributed by atoms with Crippen LogP contribution in [0.2, 0.25) is 0 Å². The maximum absolute atomic E-state index is 5.70. The molecule has 0 bridgehead atoms. The van der Waals surface area contributed by atoms with E-state index in [1.807, 2.05) is 6.07 Å². The van der Waals surface area contributed by atoms with E-state index >= 15 is 0 Å². The zero-order valence-corrected chi connectivity index (χ0v) is 27.1. The molecule has 0 radical (unpaired) electrons. The van der Waals surface area contributed by atoms with Crippen molar-refractivity contribution in [3.63, 3.8) is 0 Å². The van der Waals surface area contributed by atoms with Crippen LogP contribution in [0, 0.1) is 11.8 Å². The summed E-state index contributed by atoms with van der Waals surface area (Å²) in [6.45, 7) is 1.33. The third-order valence-corrected chi connectivity index (χ3v) is 9.16. The Balaban J connectivity index is 1.52. The van der Waals surface area contributed by atoms with Crippen LogP contribution in [0.5, 0.6) is 11.5 Å². The number of halogens is 1. The summed E-state index contributed by atoms with van der Waals surface area (Å²) < 4.78 is 12.2. The molecule has 0 aliphatic rings. The van der Waals surface area contributed by atoms with Crippen LogP contribution in [0.25, 0.3) is 21.9 Å². The number of hydrogen-bond donors (Lipinski definition) is 0. The predicted octanol–water partition coefficient (Wildman–Crippen LogP) is 10.1. The molecular weight excluding hydrogens is 626 g/mol. The second kappa shape index (κ2) is 14.0. The van der Waals surface area contributed by atoms with Gasteiger partial charge in [-0.15, -0.1) is 0 Å². The predicted molar refractivity (Wildman–Crippen MR) is 186 cm³/mol. The highest BCUT2D eigenvalue weighted by atomic mass is 79.9. The molecule has 0 aliphatic heterocycles. The Hall–Kier alpha value is -4.34. The fourth-order valence-corrected chi connectivity index (χ4v) is 6.66. The monoisotopic (exact) mass is 657 g/mol. The van der Waals surface area contributed by atoms with Crippen LogP contribution >= 0.6 is 27.3 Å². The fourth-order valence-electron chi connectivity index (χ4n) is 5.55. The van der Waals surface area contributed by atoms with Gasteiger partial charge in [0.1, 0.15) is 0 Å². The van der Waals surface area contributed by atoms with E-state index in [9.17, 15) is 0 Å². The molecule has 1 atom stereocenters. The summed E-state index contributed by atoms with van der Waals surface area (Å²) in [5.41, 5.74) is 6.84. The van der Waals surface area contributed by atoms with Crippen molar-refractivity contribution < 1.29 is 9.47 Å². The van der Waals surface area contributed by atoms with Gasteiger partial charge in [-0.05, 0) is 73.6 Å². The van der Waals surface area contributed by atoms with E-state index in [0.717, 1.165) is 21.2 Å². The summed E-state index contributed by atoms with van der Waals surface area (Å²) in [7, 11) is 3.33. The third-order valence-electron chi connectivity index (χ3n) is 7.74. The SMILES string of the molecule is COc1cc(Br)c(CN(Cc2ccccc2)C(C#Cc2ccccc2-c2ccsc2)c2cccc3ccccc23)cc1OC. The minimum absolute atomic E-state index is 0.211. The second-order valence-electron chi connectivity index (χ2n) is 10.5. The smallest absolute Gasteiger partial charge is 0.161 e. The van der Waals surface area contributed by atoms with Crippen molar-refractivity contribution in [2.24, 2.45) is 0 Å². The summed E-state index contributed by atoms with van der Waals surface area (Å²) in [4.78, 5) is 2.45. The molecule has 1 aromatic heterocycles. The second-order valence-corrected chi connectivity index (χ2v) is 12.1. The number of hydrogen-bond acceptors (Lipinski definition) is 4. The molecule has 0 spiro atoms. The number of methoxy groups -OCH3 is 2. The van der Waals surface area contributed by atoms with Gasteiger partial charge in [0, 0.05) is 23.1 Å². The lowest BCUT2D eigenvalue weighted by molar-refractivity contribution is 0.219. The van der Waals surface area contributed by atoms with Gasteiger partial charge in [-0.25, -0.2) is 0 Å². The van der Waals surface area contributed by atoms with Crippen LogP contribution < -0.4 is 9.47 Å². The van der Waals surface area contributed by atoms with E-state index in [4.69, 9.17) is 9.47 Å². The molecule has 0 saturated heterocycles. The molecule has 5 aromatic carbocycles. The van der Waals surface area contributed by atoms with Gasteiger partial charge in [0.2, 0.25) is 0 Å². The Morgan fingerprint density at radius 2 is 1.50 bits per heavy atom. The minimum atomic E-state index is -0.211. The molecule has 5 heteroatoms. The van der Waals surface area contributed by atoms with Crippen LogP contribution in [0.1, 0.15) is 28.3 Å². The Labute approximate surface area is 271 Å². The van der Waals surface area contributed by atoms with Crippen LogP contribution in [0.4, 0.5) is 0 Å². The number of benzene rings is 5. The number of thiophene rings is 1. The van der Waals surface area contributed by atoms with Crippen LogP contribution in [-0.4, -0.2) is 19.1 Å². The normalized spacial score (nSPS) is 11.6. The molecule has 0 amide bonds. The molecule has 218 valence electrons. The van der Waals surface area contributed by atoms with Gasteiger partial charge in [-0.1, -0.05) is 119 Å². The molecule has 0 fully saturated rings. The first kappa shape index (κ1) is 29.7. The van der Waals surface area contributed by atoms with Crippen molar-refractivity contribution in [2.75, 3.05) is 14.2 Å². The van der Waals surface area contributed by atoms with Crippen LogP contribution in [0.3, 0.4) is 0 Å². The maximum atomic E-state index is 5.70. The Bertz CT molecular complexity index is 1920. The van der Waals surface area contributed by atoms with E-state index in [2.05, 4.69) is 153 Å². The van der Waals surface area contributed by atoms with Crippen molar-refractivity contribution in [1.82, 2.24) is 4.90 Å². The molecule has 1 heterocycles. The van der Waals surface area contributed by atoms with Gasteiger partial charge in [0.15, 0.2) is 11.5 Å². The Kier molecular flexibility index (Phi) is 9.43. The van der Waals surface area contributed by atoms with Crippen molar-refractivity contribution in [3.8, 4) is 34.5 Å². The van der Waals surface area contributed by atoms with Gasteiger partial charge in [0.05, 0.1) is 20.3 Å². The first-order chi connectivity index (χ1) is 21.6. The van der Waals surface area contributed by atoms with Crippen LogP contribution in [0.15, 0.2) is 130 Å². The van der Waals surface area contributed by atoms with E-state index < -0.39 is 0 Å². The Morgan fingerprint density at radius 1 is 0.773 bits per heavy atom. The highest BCUT2D eigenvalue weighted by Gasteiger charge is 2.23. The van der Waals surface area contributed by atoms with Gasteiger partial charge in [-0.3, -0.25) is 4.90 Å². The zero-order chi connectivity index (χ0) is 30.3. The average molecular weight is 659 g/mol. The Morgan fingerprint density at radius 3 is 2.30 bits per heavy atom. The molecule has 0 N–H and O–H groups in total. The molecule has 6 aromatic rings. The van der Waals surface area contributed by atoms with Crippen molar-refractivity contribution in [1.29, 1.82) is 0 Å². The van der Waals surface area contributed by atoms with Gasteiger partial charge < -0.3 is 9.47 Å². The first-order valence-corrected chi connectivity index (χ1v) is 16.2. The third kappa shape index (κ3) is 6.59. The molecule has 6 rings (SSSR count). The lowest BCUT2D eigenvalue weighted by atomic mass is 9.96. The quantitative estimate of drug-likeness (QED) is 0.144. The van der Waals surface area contributed by atoms with Gasteiger partial charge in [0.25, 0.3) is 0 Å². The van der Waals surface area contributed by atoms with Crippen molar-refractivity contribution in [2.45, 2.75) is 19.1 Å². The highest BCUT2D eigenvalue weighted by Crippen LogP contribution is 2.37. The number of rotatable bonds is 9. The lowest BCUT2D eigenvalue weighted by Gasteiger charge is -2.30. The molecule has 0 aliphatic carbocycles. The molecular formula is C39H32BrNO2S. The minimum Gasteiger partial charge on any atom is -0.493 e. The number of fused-ring (bicyclic) bond motifs is 1. The van der Waals surface area contributed by atoms with Gasteiger partial charge >= 0.3 is 0 Å². The molecule has 44 heavy (non-hydrogen) atoms. The summed E-state index contributed by atoms with van der Waals surface area (Å²) in [5, 5.41) is 6.69. The highest BCUT2D eigenvalue weighted by molar-refractivity contribution is 9.10. The topological polar surface area (TPSA) is 21.7 Å². The maximum Gasteiger partial charge on any atom is 0.161 e. The molecule has 3 nitrogen and oxygen atoms in total. The lowest BCUT2D eigenvalue weighted by Crippen LogP contribution is -2.28. The number of nitrogens with zero attached hydrogens (tertiary/aromatic N) is 1. The van der Waals surface area contributed by atoms with Crippen molar-refractivity contribution in [3.05, 3.63) is 153 Å². The average Bonchev–Trinajstić information content (AvgIpc) is 3.61. The fraction of sp³-hybridized carbons (Fsp3) is 0.128. The summed E-state index contributed by atoms with van der Waals surface area (Å²) in [6, 6.07) is 40.1. The standard InChI is InChI=1S/C39H32BrNO2S/c1-42-38-23-32(36(40)24-39(38)43-2)26-41(25-28-11-4-3-5-12-28)37(35-18-10-15-29-13-7-9-17-34(29)35)20-19-30-14-6-8-16-33(30)31-21-22-44-27-31/h3-18,21-24,27,37H,25-26H2,1-2H3. The van der Waals surface area contributed by atoms with E-state index in [1.165, 1.54) is 27.5 Å². The largest absolute Gasteiger partial charge is 0.493 e. The zero-order valence-electron chi connectivity index (χ0n) is 24.7. The van der Waals surface area contributed by atoms with Crippen LogP contribution in [-0.2, 0) is 13.1 Å².